The molecule has 1 aromatic carbocycles. The summed E-state index contributed by atoms with van der Waals surface area (Å²) in [4.78, 5) is 24.0. The van der Waals surface area contributed by atoms with Crippen molar-refractivity contribution < 1.29 is 19.4 Å². The van der Waals surface area contributed by atoms with Gasteiger partial charge in [-0.25, -0.2) is 4.79 Å². The maximum absolute atomic E-state index is 11.4. The van der Waals surface area contributed by atoms with Crippen molar-refractivity contribution in [3.05, 3.63) is 35.9 Å². The maximum Gasteiger partial charge on any atom is 0.407 e. The summed E-state index contributed by atoms with van der Waals surface area (Å²) in [6.45, 7) is 0.450. The van der Waals surface area contributed by atoms with Gasteiger partial charge in [-0.2, -0.15) is 0 Å². The van der Waals surface area contributed by atoms with Crippen molar-refractivity contribution >= 4 is 12.1 Å². The van der Waals surface area contributed by atoms with Crippen LogP contribution in [0.1, 0.15) is 12.0 Å². The van der Waals surface area contributed by atoms with Crippen LogP contribution in [0.5, 0.6) is 0 Å². The van der Waals surface area contributed by atoms with E-state index in [0.717, 1.165) is 5.56 Å². The van der Waals surface area contributed by atoms with Crippen LogP contribution in [-0.2, 0) is 16.1 Å². The van der Waals surface area contributed by atoms with Crippen LogP contribution >= 0.6 is 0 Å². The first-order chi connectivity index (χ1) is 9.50. The second-order valence-corrected chi connectivity index (χ2v) is 4.59. The van der Waals surface area contributed by atoms with Gasteiger partial charge in [0.15, 0.2) is 0 Å². The number of hydrogen-bond acceptors (Lipinski definition) is 4. The molecule has 0 saturated carbocycles. The predicted octanol–water partition coefficient (Wildman–Crippen LogP) is 1.32. The third-order valence-corrected chi connectivity index (χ3v) is 2.81. The van der Waals surface area contributed by atoms with Crippen LogP contribution in [0.25, 0.3) is 0 Å². The highest BCUT2D eigenvalue weighted by Crippen LogP contribution is 2.01. The number of amides is 1. The molecule has 0 saturated heterocycles. The van der Waals surface area contributed by atoms with Crippen LogP contribution in [0.4, 0.5) is 4.79 Å². The number of benzene rings is 1. The minimum atomic E-state index is -0.908. The quantitative estimate of drug-likeness (QED) is 0.787. The number of nitrogens with zero attached hydrogens (tertiary/aromatic N) is 1. The Kier molecular flexibility index (Phi) is 6.52. The lowest BCUT2D eigenvalue weighted by Gasteiger charge is -2.19. The van der Waals surface area contributed by atoms with Crippen LogP contribution in [0.3, 0.4) is 0 Å². The molecule has 6 heteroatoms. The van der Waals surface area contributed by atoms with E-state index in [2.05, 4.69) is 5.32 Å². The van der Waals surface area contributed by atoms with Crippen molar-refractivity contribution in [1.82, 2.24) is 10.2 Å². The Morgan fingerprint density at radius 1 is 1.30 bits per heavy atom. The molecule has 1 atom stereocenters. The summed E-state index contributed by atoms with van der Waals surface area (Å²) in [5.41, 5.74) is 0.902. The van der Waals surface area contributed by atoms with Crippen LogP contribution in [0, 0.1) is 0 Å². The van der Waals surface area contributed by atoms with Gasteiger partial charge in [-0.15, -0.1) is 0 Å². The molecule has 1 unspecified atom stereocenters. The molecule has 110 valence electrons. The lowest BCUT2D eigenvalue weighted by atomic mass is 10.2. The molecule has 2 N–H and O–H groups in total. The van der Waals surface area contributed by atoms with Gasteiger partial charge < -0.3 is 15.2 Å². The molecule has 0 aliphatic rings. The standard InChI is InChI=1S/C14H20N2O4/c1-16(2)12(13(17)18)8-9-15-14(19)20-10-11-6-4-3-5-7-11/h3-7,12H,8-10H2,1-2H3,(H,15,19)(H,17,18). The Morgan fingerprint density at radius 2 is 1.95 bits per heavy atom. The zero-order valence-corrected chi connectivity index (χ0v) is 11.7. The van der Waals surface area contributed by atoms with Crippen LogP contribution < -0.4 is 5.32 Å². The highest BCUT2D eigenvalue weighted by molar-refractivity contribution is 5.73. The highest BCUT2D eigenvalue weighted by atomic mass is 16.5. The minimum absolute atomic E-state index is 0.197. The number of aliphatic carboxylic acids is 1. The molecule has 0 aromatic heterocycles. The Hall–Kier alpha value is -2.08. The lowest BCUT2D eigenvalue weighted by molar-refractivity contribution is -0.142. The Labute approximate surface area is 118 Å². The molecule has 0 fully saturated rings. The molecule has 0 aliphatic carbocycles. The van der Waals surface area contributed by atoms with Crippen molar-refractivity contribution in [1.29, 1.82) is 0 Å². The Morgan fingerprint density at radius 3 is 2.50 bits per heavy atom. The van der Waals surface area contributed by atoms with Gasteiger partial charge in [0.25, 0.3) is 0 Å². The maximum atomic E-state index is 11.4. The first-order valence-corrected chi connectivity index (χ1v) is 6.34. The number of likely N-dealkylation sites (N-methyl/N-ethyl adjacent to an activating group) is 1. The average molecular weight is 280 g/mol. The van der Waals surface area contributed by atoms with Gasteiger partial charge in [-0.1, -0.05) is 30.3 Å². The molecule has 0 heterocycles. The number of alkyl carbamates (subject to hydrolysis) is 1. The zero-order chi connectivity index (χ0) is 15.0. The average Bonchev–Trinajstić information content (AvgIpc) is 2.41. The van der Waals surface area contributed by atoms with Gasteiger partial charge in [-0.3, -0.25) is 9.69 Å². The van der Waals surface area contributed by atoms with E-state index in [1.54, 1.807) is 19.0 Å². The molecule has 1 rings (SSSR count). The Bertz CT molecular complexity index is 434. The molecule has 1 aromatic rings. The molecule has 1 amide bonds. The molecule has 20 heavy (non-hydrogen) atoms. The number of carbonyl (C=O) groups excluding carboxylic acids is 1. The third-order valence-electron chi connectivity index (χ3n) is 2.81. The monoisotopic (exact) mass is 280 g/mol. The molecule has 6 nitrogen and oxygen atoms in total. The van der Waals surface area contributed by atoms with Gasteiger partial charge >= 0.3 is 12.1 Å². The lowest BCUT2D eigenvalue weighted by Crippen LogP contribution is -2.39. The number of carboxylic acid groups (broad SMARTS) is 1. The fourth-order valence-corrected chi connectivity index (χ4v) is 1.69. The summed E-state index contributed by atoms with van der Waals surface area (Å²) in [6, 6.07) is 8.72. The SMILES string of the molecule is CN(C)C(CCNC(=O)OCc1ccccc1)C(=O)O. The van der Waals surface area contributed by atoms with Crippen LogP contribution in [-0.4, -0.2) is 48.8 Å². The second-order valence-electron chi connectivity index (χ2n) is 4.59. The Balaban J connectivity index is 2.25. The summed E-state index contributed by atoms with van der Waals surface area (Å²) >= 11 is 0. The van der Waals surface area contributed by atoms with Crippen LogP contribution in [0.15, 0.2) is 30.3 Å². The van der Waals surface area contributed by atoms with E-state index in [4.69, 9.17) is 9.84 Å². The van der Waals surface area contributed by atoms with Gasteiger partial charge in [0.1, 0.15) is 12.6 Å². The molecule has 0 bridgehead atoms. The topological polar surface area (TPSA) is 78.9 Å². The van der Waals surface area contributed by atoms with Gasteiger partial charge in [0, 0.05) is 6.54 Å². The van der Waals surface area contributed by atoms with Crippen LogP contribution in [0.2, 0.25) is 0 Å². The summed E-state index contributed by atoms with van der Waals surface area (Å²) < 4.78 is 5.02. The number of rotatable bonds is 7. The molecule has 0 radical (unpaired) electrons. The first-order valence-electron chi connectivity index (χ1n) is 6.34. The minimum Gasteiger partial charge on any atom is -0.480 e. The van der Waals surface area contributed by atoms with E-state index in [1.807, 2.05) is 30.3 Å². The van der Waals surface area contributed by atoms with E-state index in [-0.39, 0.29) is 13.2 Å². The normalized spacial score (nSPS) is 11.9. The summed E-state index contributed by atoms with van der Waals surface area (Å²) in [6.07, 6.45) is -0.222. The van der Waals surface area contributed by atoms with Gasteiger partial charge in [-0.05, 0) is 26.1 Å². The van der Waals surface area contributed by atoms with E-state index in [1.165, 1.54) is 0 Å². The van der Waals surface area contributed by atoms with Crippen molar-refractivity contribution in [3.63, 3.8) is 0 Å². The number of carboxylic acids is 1. The smallest absolute Gasteiger partial charge is 0.407 e. The first kappa shape index (κ1) is 16.0. The molecule has 0 aliphatic heterocycles. The molecular formula is C14H20N2O4. The number of hydrogen-bond donors (Lipinski definition) is 2. The largest absolute Gasteiger partial charge is 0.480 e. The fraction of sp³-hybridized carbons (Fsp3) is 0.429. The molecule has 0 spiro atoms. The third kappa shape index (κ3) is 5.71. The number of ether oxygens (including phenoxy) is 1. The van der Waals surface area contributed by atoms with E-state index in [9.17, 15) is 9.59 Å². The summed E-state index contributed by atoms with van der Waals surface area (Å²) in [7, 11) is 3.37. The van der Waals surface area contributed by atoms with E-state index in [0.29, 0.717) is 6.42 Å². The van der Waals surface area contributed by atoms with E-state index < -0.39 is 18.1 Å². The number of nitrogens with one attached hydrogen (secondary N) is 1. The summed E-state index contributed by atoms with van der Waals surface area (Å²) in [5, 5.41) is 11.5. The zero-order valence-electron chi connectivity index (χ0n) is 11.7. The predicted molar refractivity (Wildman–Crippen MR) is 74.4 cm³/mol. The second kappa shape index (κ2) is 8.16. The number of carbonyl (C=O) groups is 2. The highest BCUT2D eigenvalue weighted by Gasteiger charge is 2.19. The van der Waals surface area contributed by atoms with Gasteiger partial charge in [0.2, 0.25) is 0 Å². The van der Waals surface area contributed by atoms with Crippen molar-refractivity contribution in [2.75, 3.05) is 20.6 Å². The van der Waals surface area contributed by atoms with Crippen molar-refractivity contribution in [2.24, 2.45) is 0 Å². The fourth-order valence-electron chi connectivity index (χ4n) is 1.69. The van der Waals surface area contributed by atoms with E-state index >= 15 is 0 Å². The summed E-state index contributed by atoms with van der Waals surface area (Å²) in [5.74, 6) is -0.908. The van der Waals surface area contributed by atoms with Gasteiger partial charge in [0.05, 0.1) is 0 Å². The van der Waals surface area contributed by atoms with Crippen molar-refractivity contribution in [3.8, 4) is 0 Å². The molecular weight excluding hydrogens is 260 g/mol. The van der Waals surface area contributed by atoms with Crippen molar-refractivity contribution in [2.45, 2.75) is 19.1 Å².